The third-order valence-electron chi connectivity index (χ3n) is 7.80. The fourth-order valence-electron chi connectivity index (χ4n) is 6.76. The highest BCUT2D eigenvalue weighted by molar-refractivity contribution is 5.69. The zero-order valence-electron chi connectivity index (χ0n) is 16.4. The standard InChI is InChI=1S/C22H28O6/c1-12(23)28-14-4-6-15-13(11-14)3-5-17-16(15)7-8-21(2)18(17)19(24)20(25)22(21)26-9-10-27-22/h4,6,11,16-20,24-25H,3,5,7-10H2,1-2H3/t16-,17-,18-,19-,20-,21+/m1/s1. The van der Waals surface area contributed by atoms with Crippen LogP contribution in [0.4, 0.5) is 0 Å². The number of hydrogen-bond donors (Lipinski definition) is 2. The van der Waals surface area contributed by atoms with Gasteiger partial charge in [0.25, 0.3) is 0 Å². The molecule has 6 nitrogen and oxygen atoms in total. The molecule has 0 bridgehead atoms. The van der Waals surface area contributed by atoms with Crippen LogP contribution in [0.3, 0.4) is 0 Å². The third-order valence-corrected chi connectivity index (χ3v) is 7.80. The minimum Gasteiger partial charge on any atom is -0.427 e. The number of carbonyl (C=O) groups is 1. The van der Waals surface area contributed by atoms with Gasteiger partial charge in [-0.25, -0.2) is 0 Å². The van der Waals surface area contributed by atoms with Crippen LogP contribution < -0.4 is 4.74 Å². The van der Waals surface area contributed by atoms with Crippen LogP contribution in [0.15, 0.2) is 18.2 Å². The van der Waals surface area contributed by atoms with Crippen molar-refractivity contribution in [1.82, 2.24) is 0 Å². The van der Waals surface area contributed by atoms with Crippen molar-refractivity contribution in [2.24, 2.45) is 17.3 Å². The van der Waals surface area contributed by atoms with Crippen LogP contribution in [0.5, 0.6) is 5.75 Å². The van der Waals surface area contributed by atoms with E-state index in [0.717, 1.165) is 25.7 Å². The second-order valence-corrected chi connectivity index (χ2v) is 9.05. The van der Waals surface area contributed by atoms with Gasteiger partial charge in [-0.2, -0.15) is 0 Å². The van der Waals surface area contributed by atoms with Crippen LogP contribution in [0, 0.1) is 17.3 Å². The third kappa shape index (κ3) is 2.32. The van der Waals surface area contributed by atoms with Gasteiger partial charge in [-0.15, -0.1) is 0 Å². The molecule has 3 fully saturated rings. The molecule has 4 aliphatic rings. The second kappa shape index (κ2) is 6.26. The molecular weight excluding hydrogens is 360 g/mol. The summed E-state index contributed by atoms with van der Waals surface area (Å²) in [5.74, 6) is -0.281. The van der Waals surface area contributed by atoms with Crippen LogP contribution in [-0.4, -0.2) is 47.4 Å². The van der Waals surface area contributed by atoms with Crippen molar-refractivity contribution in [3.63, 3.8) is 0 Å². The molecule has 1 heterocycles. The summed E-state index contributed by atoms with van der Waals surface area (Å²) in [6.07, 6.45) is 1.73. The van der Waals surface area contributed by atoms with E-state index in [1.165, 1.54) is 18.1 Å². The Morgan fingerprint density at radius 2 is 1.96 bits per heavy atom. The summed E-state index contributed by atoms with van der Waals surface area (Å²) in [6, 6.07) is 5.91. The summed E-state index contributed by atoms with van der Waals surface area (Å²) >= 11 is 0. The van der Waals surface area contributed by atoms with Crippen molar-refractivity contribution in [2.75, 3.05) is 13.2 Å². The van der Waals surface area contributed by atoms with Gasteiger partial charge in [0, 0.05) is 18.3 Å². The second-order valence-electron chi connectivity index (χ2n) is 9.05. The zero-order chi connectivity index (χ0) is 19.7. The lowest BCUT2D eigenvalue weighted by atomic mass is 9.54. The smallest absolute Gasteiger partial charge is 0.308 e. The molecule has 1 saturated heterocycles. The van der Waals surface area contributed by atoms with Crippen molar-refractivity contribution in [3.8, 4) is 5.75 Å². The Hall–Kier alpha value is -1.47. The molecule has 0 aromatic heterocycles. The van der Waals surface area contributed by atoms with Crippen LogP contribution in [0.2, 0.25) is 0 Å². The summed E-state index contributed by atoms with van der Waals surface area (Å²) < 4.78 is 17.2. The first kappa shape index (κ1) is 18.6. The Balaban J connectivity index is 1.50. The van der Waals surface area contributed by atoms with Gasteiger partial charge in [-0.05, 0) is 60.8 Å². The van der Waals surface area contributed by atoms with Crippen molar-refractivity contribution < 1.29 is 29.2 Å². The predicted octanol–water partition coefficient (Wildman–Crippen LogP) is 2.15. The maximum atomic E-state index is 11.3. The van der Waals surface area contributed by atoms with Gasteiger partial charge in [0.15, 0.2) is 0 Å². The summed E-state index contributed by atoms with van der Waals surface area (Å²) in [4.78, 5) is 11.3. The van der Waals surface area contributed by atoms with Gasteiger partial charge in [0.1, 0.15) is 11.9 Å². The number of carbonyl (C=O) groups excluding carboxylic acids is 1. The van der Waals surface area contributed by atoms with Crippen molar-refractivity contribution in [2.45, 2.75) is 63.4 Å². The summed E-state index contributed by atoms with van der Waals surface area (Å²) in [5, 5.41) is 21.9. The maximum absolute atomic E-state index is 11.3. The first-order chi connectivity index (χ1) is 13.4. The molecule has 3 aliphatic carbocycles. The molecule has 6 atom stereocenters. The highest BCUT2D eigenvalue weighted by atomic mass is 16.8. The van der Waals surface area contributed by atoms with Crippen LogP contribution >= 0.6 is 0 Å². The number of rotatable bonds is 1. The average molecular weight is 388 g/mol. The number of benzene rings is 1. The van der Waals surface area contributed by atoms with Crippen LogP contribution in [-0.2, 0) is 20.7 Å². The molecule has 0 unspecified atom stereocenters. The maximum Gasteiger partial charge on any atom is 0.308 e. The molecule has 2 N–H and O–H groups in total. The van der Waals surface area contributed by atoms with E-state index in [-0.39, 0.29) is 17.8 Å². The number of esters is 1. The summed E-state index contributed by atoms with van der Waals surface area (Å²) in [5.41, 5.74) is 2.10. The van der Waals surface area contributed by atoms with Gasteiger partial charge >= 0.3 is 5.97 Å². The molecule has 5 rings (SSSR count). The van der Waals surface area contributed by atoms with Crippen molar-refractivity contribution >= 4 is 5.97 Å². The highest BCUT2D eigenvalue weighted by Crippen LogP contribution is 2.66. The normalized spacial score (nSPS) is 40.6. The number of fused-ring (bicyclic) bond motifs is 6. The number of aliphatic hydroxyl groups is 2. The minimum absolute atomic E-state index is 0.0688. The van der Waals surface area contributed by atoms with E-state index in [2.05, 4.69) is 13.0 Å². The van der Waals surface area contributed by atoms with E-state index in [4.69, 9.17) is 14.2 Å². The first-order valence-electron chi connectivity index (χ1n) is 10.3. The number of aryl methyl sites for hydroxylation is 1. The van der Waals surface area contributed by atoms with Crippen LogP contribution in [0.1, 0.15) is 50.2 Å². The SMILES string of the molecule is CC(=O)Oc1ccc2c(c1)CC[C@H]1[C@@H]3[C@@H](O)[C@@H](O)C4(OCCO4)[C@@]3(C)CC[C@H]21. The van der Waals surface area contributed by atoms with E-state index >= 15 is 0 Å². The van der Waals surface area contributed by atoms with E-state index in [0.29, 0.717) is 24.9 Å². The molecular formula is C22H28O6. The minimum atomic E-state index is -1.08. The molecule has 6 heteroatoms. The van der Waals surface area contributed by atoms with Crippen LogP contribution in [0.25, 0.3) is 0 Å². The fourth-order valence-corrected chi connectivity index (χ4v) is 6.76. The van der Waals surface area contributed by atoms with E-state index in [1.54, 1.807) is 0 Å². The largest absolute Gasteiger partial charge is 0.427 e. The van der Waals surface area contributed by atoms with Gasteiger partial charge in [-0.1, -0.05) is 13.0 Å². The Morgan fingerprint density at radius 1 is 1.21 bits per heavy atom. The molecule has 0 radical (unpaired) electrons. The first-order valence-corrected chi connectivity index (χ1v) is 10.3. The monoisotopic (exact) mass is 388 g/mol. The van der Waals surface area contributed by atoms with Crippen molar-refractivity contribution in [1.29, 1.82) is 0 Å². The molecule has 152 valence electrons. The molecule has 1 spiro atoms. The number of aliphatic hydroxyl groups excluding tert-OH is 2. The topological polar surface area (TPSA) is 85.2 Å². The van der Waals surface area contributed by atoms with Gasteiger partial charge in [-0.3, -0.25) is 4.79 Å². The Morgan fingerprint density at radius 3 is 2.68 bits per heavy atom. The number of ether oxygens (including phenoxy) is 3. The quantitative estimate of drug-likeness (QED) is 0.566. The average Bonchev–Trinajstić information content (AvgIpc) is 3.22. The lowest BCUT2D eigenvalue weighted by molar-refractivity contribution is -0.272. The van der Waals surface area contributed by atoms with E-state index in [9.17, 15) is 15.0 Å². The summed E-state index contributed by atoms with van der Waals surface area (Å²) in [7, 11) is 0. The molecule has 1 aromatic rings. The lowest BCUT2D eigenvalue weighted by Gasteiger charge is -2.52. The molecule has 2 saturated carbocycles. The molecule has 28 heavy (non-hydrogen) atoms. The lowest BCUT2D eigenvalue weighted by Crippen LogP contribution is -2.54. The van der Waals surface area contributed by atoms with E-state index in [1.807, 2.05) is 12.1 Å². The molecule has 0 amide bonds. The predicted molar refractivity (Wildman–Crippen MR) is 99.8 cm³/mol. The Bertz CT molecular complexity index is 800. The highest BCUT2D eigenvalue weighted by Gasteiger charge is 2.73. The fraction of sp³-hybridized carbons (Fsp3) is 0.682. The number of hydrogen-bond acceptors (Lipinski definition) is 6. The molecule has 1 aromatic carbocycles. The van der Waals surface area contributed by atoms with Gasteiger partial charge in [0.05, 0.1) is 19.3 Å². The van der Waals surface area contributed by atoms with Crippen molar-refractivity contribution in [3.05, 3.63) is 29.3 Å². The summed E-state index contributed by atoms with van der Waals surface area (Å²) in [6.45, 7) is 4.45. The Kier molecular flexibility index (Phi) is 4.15. The van der Waals surface area contributed by atoms with Gasteiger partial charge < -0.3 is 24.4 Å². The zero-order valence-corrected chi connectivity index (χ0v) is 16.4. The van der Waals surface area contributed by atoms with Gasteiger partial charge in [0.2, 0.25) is 5.79 Å². The molecule has 1 aliphatic heterocycles. The Labute approximate surface area is 164 Å². The van der Waals surface area contributed by atoms with E-state index < -0.39 is 23.4 Å².